The zero-order valence-corrected chi connectivity index (χ0v) is 7.62. The van der Waals surface area contributed by atoms with E-state index < -0.39 is 18.0 Å². The van der Waals surface area contributed by atoms with Gasteiger partial charge in [0, 0.05) is 0 Å². The van der Waals surface area contributed by atoms with Crippen LogP contribution in [0.15, 0.2) is 0 Å². The number of hydrogen-bond donors (Lipinski definition) is 3. The molecule has 5 nitrogen and oxygen atoms in total. The summed E-state index contributed by atoms with van der Waals surface area (Å²) in [6, 6.07) is -1.48. The van der Waals surface area contributed by atoms with Gasteiger partial charge in [-0.25, -0.2) is 9.59 Å². The van der Waals surface area contributed by atoms with Crippen molar-refractivity contribution in [1.82, 2.24) is 5.32 Å². The van der Waals surface area contributed by atoms with Gasteiger partial charge in [0.2, 0.25) is 6.04 Å². The molecule has 0 amide bonds. The van der Waals surface area contributed by atoms with E-state index in [9.17, 15) is 9.59 Å². The fraction of sp³-hybridized carbons (Fsp3) is 0.750. The van der Waals surface area contributed by atoms with Crippen LogP contribution in [0.4, 0.5) is 0 Å². The second kappa shape index (κ2) is 6.42. The Morgan fingerprint density at radius 3 is 2.15 bits per heavy atom. The van der Waals surface area contributed by atoms with E-state index in [1.165, 1.54) is 0 Å². The van der Waals surface area contributed by atoms with Crippen molar-refractivity contribution in [1.29, 1.82) is 0 Å². The summed E-state index contributed by atoms with van der Waals surface area (Å²) in [6.07, 6.45) is 2.79. The lowest BCUT2D eigenvalue weighted by Crippen LogP contribution is -2.43. The van der Waals surface area contributed by atoms with Gasteiger partial charge in [0.1, 0.15) is 0 Å². The molecule has 0 radical (unpaired) electrons. The number of rotatable bonds is 7. The van der Waals surface area contributed by atoms with E-state index in [2.05, 4.69) is 5.32 Å². The van der Waals surface area contributed by atoms with Gasteiger partial charge in [0.15, 0.2) is 0 Å². The minimum atomic E-state index is -1.48. The summed E-state index contributed by atoms with van der Waals surface area (Å²) in [4.78, 5) is 20.7. The van der Waals surface area contributed by atoms with Crippen LogP contribution < -0.4 is 5.32 Å². The van der Waals surface area contributed by atoms with Gasteiger partial charge in [-0.05, 0) is 13.0 Å². The monoisotopic (exact) mass is 189 g/mol. The second-order valence-electron chi connectivity index (χ2n) is 2.77. The van der Waals surface area contributed by atoms with Crippen LogP contribution in [0.25, 0.3) is 0 Å². The highest BCUT2D eigenvalue weighted by Crippen LogP contribution is 1.93. The molecule has 76 valence electrons. The van der Waals surface area contributed by atoms with Crippen LogP contribution in [0, 0.1) is 0 Å². The van der Waals surface area contributed by atoms with Crippen molar-refractivity contribution in [3.63, 3.8) is 0 Å². The summed E-state index contributed by atoms with van der Waals surface area (Å²) in [5, 5.41) is 19.4. The maximum atomic E-state index is 10.4. The lowest BCUT2D eigenvalue weighted by molar-refractivity contribution is -0.151. The number of aliphatic carboxylic acids is 2. The molecular formula is C8H15NO4. The number of carbonyl (C=O) groups is 2. The SMILES string of the molecule is CCCCCNC(C(=O)O)C(=O)O. The predicted molar refractivity (Wildman–Crippen MR) is 46.6 cm³/mol. The van der Waals surface area contributed by atoms with Crippen molar-refractivity contribution in [2.75, 3.05) is 6.54 Å². The Balaban J connectivity index is 3.71. The molecule has 13 heavy (non-hydrogen) atoms. The first-order valence-corrected chi connectivity index (χ1v) is 4.28. The van der Waals surface area contributed by atoms with Crippen LogP contribution in [-0.4, -0.2) is 34.7 Å². The predicted octanol–water partition coefficient (Wildman–Crippen LogP) is 0.304. The Morgan fingerprint density at radius 2 is 1.77 bits per heavy atom. The molecule has 0 unspecified atom stereocenters. The van der Waals surface area contributed by atoms with Crippen LogP contribution in [0.3, 0.4) is 0 Å². The number of hydrogen-bond acceptors (Lipinski definition) is 3. The first-order valence-electron chi connectivity index (χ1n) is 4.28. The molecular weight excluding hydrogens is 174 g/mol. The van der Waals surface area contributed by atoms with E-state index in [1.807, 2.05) is 6.92 Å². The quantitative estimate of drug-likeness (QED) is 0.396. The molecule has 0 aromatic rings. The largest absolute Gasteiger partial charge is 0.480 e. The van der Waals surface area contributed by atoms with Crippen LogP contribution in [0.2, 0.25) is 0 Å². The highest BCUT2D eigenvalue weighted by Gasteiger charge is 2.24. The summed E-state index contributed by atoms with van der Waals surface area (Å²) >= 11 is 0. The summed E-state index contributed by atoms with van der Waals surface area (Å²) in [5.41, 5.74) is 0. The average molecular weight is 189 g/mol. The molecule has 0 aliphatic heterocycles. The van der Waals surface area contributed by atoms with Crippen molar-refractivity contribution in [3.05, 3.63) is 0 Å². The van der Waals surface area contributed by atoms with Gasteiger partial charge in [-0.1, -0.05) is 19.8 Å². The van der Waals surface area contributed by atoms with E-state index in [0.717, 1.165) is 19.3 Å². The normalized spacial score (nSPS) is 10.3. The van der Waals surface area contributed by atoms with E-state index in [0.29, 0.717) is 6.54 Å². The molecule has 0 spiro atoms. The van der Waals surface area contributed by atoms with Crippen LogP contribution in [0.1, 0.15) is 26.2 Å². The van der Waals surface area contributed by atoms with E-state index in [4.69, 9.17) is 10.2 Å². The number of carboxylic acids is 2. The van der Waals surface area contributed by atoms with Gasteiger partial charge >= 0.3 is 11.9 Å². The topological polar surface area (TPSA) is 86.6 Å². The first-order chi connectivity index (χ1) is 6.09. The zero-order chi connectivity index (χ0) is 10.3. The maximum absolute atomic E-state index is 10.4. The van der Waals surface area contributed by atoms with Gasteiger partial charge in [-0.2, -0.15) is 0 Å². The average Bonchev–Trinajstić information content (AvgIpc) is 2.02. The third-order valence-corrected chi connectivity index (χ3v) is 1.62. The van der Waals surface area contributed by atoms with Crippen molar-refractivity contribution in [2.45, 2.75) is 32.2 Å². The van der Waals surface area contributed by atoms with Crippen LogP contribution in [-0.2, 0) is 9.59 Å². The van der Waals surface area contributed by atoms with Crippen LogP contribution >= 0.6 is 0 Å². The molecule has 5 heteroatoms. The molecule has 0 bridgehead atoms. The fourth-order valence-electron chi connectivity index (χ4n) is 0.902. The number of unbranched alkanes of at least 4 members (excludes halogenated alkanes) is 2. The molecule has 0 aromatic carbocycles. The molecule has 3 N–H and O–H groups in total. The van der Waals surface area contributed by atoms with Crippen molar-refractivity contribution < 1.29 is 19.8 Å². The lowest BCUT2D eigenvalue weighted by atomic mass is 10.2. The standard InChI is InChI=1S/C8H15NO4/c1-2-3-4-5-9-6(7(10)11)8(12)13/h6,9H,2-5H2,1H3,(H,10,11)(H,12,13). The maximum Gasteiger partial charge on any atom is 0.332 e. The first kappa shape index (κ1) is 11.9. The third-order valence-electron chi connectivity index (χ3n) is 1.62. The smallest absolute Gasteiger partial charge is 0.332 e. The van der Waals surface area contributed by atoms with Crippen molar-refractivity contribution in [2.24, 2.45) is 0 Å². The Morgan fingerprint density at radius 1 is 1.23 bits per heavy atom. The number of nitrogens with one attached hydrogen (secondary N) is 1. The second-order valence-corrected chi connectivity index (χ2v) is 2.77. The van der Waals surface area contributed by atoms with Crippen molar-refractivity contribution >= 4 is 11.9 Å². The van der Waals surface area contributed by atoms with Gasteiger partial charge in [-0.3, -0.25) is 5.32 Å². The highest BCUT2D eigenvalue weighted by atomic mass is 16.4. The van der Waals surface area contributed by atoms with Crippen molar-refractivity contribution in [3.8, 4) is 0 Å². The Bertz CT molecular complexity index is 167. The van der Waals surface area contributed by atoms with E-state index >= 15 is 0 Å². The third kappa shape index (κ3) is 5.19. The van der Waals surface area contributed by atoms with Gasteiger partial charge < -0.3 is 10.2 Å². The summed E-state index contributed by atoms with van der Waals surface area (Å²) < 4.78 is 0. The summed E-state index contributed by atoms with van der Waals surface area (Å²) in [5.74, 6) is -2.69. The molecule has 0 saturated heterocycles. The minimum Gasteiger partial charge on any atom is -0.480 e. The van der Waals surface area contributed by atoms with Gasteiger partial charge in [0.05, 0.1) is 0 Å². The van der Waals surface area contributed by atoms with Crippen LogP contribution in [0.5, 0.6) is 0 Å². The number of carboxylic acid groups (broad SMARTS) is 2. The zero-order valence-electron chi connectivity index (χ0n) is 7.62. The molecule has 0 aliphatic rings. The van der Waals surface area contributed by atoms with E-state index in [-0.39, 0.29) is 0 Å². The molecule has 0 heterocycles. The summed E-state index contributed by atoms with van der Waals surface area (Å²) in [6.45, 7) is 2.45. The molecule has 0 rings (SSSR count). The molecule has 0 aromatic heterocycles. The minimum absolute atomic E-state index is 0.428. The molecule has 0 saturated carbocycles. The molecule has 0 fully saturated rings. The molecule has 0 atom stereocenters. The van der Waals surface area contributed by atoms with Gasteiger partial charge in [0.25, 0.3) is 0 Å². The van der Waals surface area contributed by atoms with Gasteiger partial charge in [-0.15, -0.1) is 0 Å². The van der Waals surface area contributed by atoms with E-state index in [1.54, 1.807) is 0 Å². The Kier molecular flexibility index (Phi) is 5.88. The fourth-order valence-corrected chi connectivity index (χ4v) is 0.902. The molecule has 0 aliphatic carbocycles. The Hall–Kier alpha value is -1.10. The highest BCUT2D eigenvalue weighted by molar-refractivity contribution is 5.97. The summed E-state index contributed by atoms with van der Waals surface area (Å²) in [7, 11) is 0. The Labute approximate surface area is 76.8 Å². The lowest BCUT2D eigenvalue weighted by Gasteiger charge is -2.08.